The Morgan fingerprint density at radius 1 is 0.675 bits per heavy atom. The van der Waals surface area contributed by atoms with Crippen molar-refractivity contribution in [3.05, 3.63) is 23.3 Å². The molecule has 0 saturated carbocycles. The van der Waals surface area contributed by atoms with Gasteiger partial charge in [-0.05, 0) is 25.3 Å². The van der Waals surface area contributed by atoms with Crippen LogP contribution in [-0.4, -0.2) is 54.1 Å². The monoisotopic (exact) mass is 562 g/mol. The summed E-state index contributed by atoms with van der Waals surface area (Å²) in [6.07, 6.45) is 16.8. The molecule has 1 aromatic rings. The van der Waals surface area contributed by atoms with Crippen LogP contribution in [0.2, 0.25) is 0 Å². The predicted molar refractivity (Wildman–Crippen MR) is 160 cm³/mol. The average Bonchev–Trinajstić information content (AvgIpc) is 2.93. The number of carbonyl (C=O) groups is 3. The first-order valence-electron chi connectivity index (χ1n) is 15.6. The summed E-state index contributed by atoms with van der Waals surface area (Å²) in [5.74, 6) is -1.69. The van der Waals surface area contributed by atoms with Gasteiger partial charge in [0, 0.05) is 12.6 Å². The predicted octanol–water partition coefficient (Wildman–Crippen LogP) is 7.37. The highest BCUT2D eigenvalue weighted by Gasteiger charge is 2.25. The topological polar surface area (TPSA) is 119 Å². The molecule has 1 rings (SSSR count). The third-order valence-electron chi connectivity index (χ3n) is 6.98. The van der Waals surface area contributed by atoms with Crippen molar-refractivity contribution in [2.75, 3.05) is 26.3 Å². The van der Waals surface area contributed by atoms with Gasteiger partial charge in [-0.1, -0.05) is 104 Å². The molecule has 0 aliphatic heterocycles. The largest absolute Gasteiger partial charge is 0.493 e. The number of rotatable bonds is 25. The van der Waals surface area contributed by atoms with E-state index in [0.29, 0.717) is 37.7 Å². The van der Waals surface area contributed by atoms with Gasteiger partial charge in [-0.2, -0.15) is 0 Å². The van der Waals surface area contributed by atoms with Crippen LogP contribution in [-0.2, 0) is 4.79 Å². The van der Waals surface area contributed by atoms with Crippen LogP contribution in [0.5, 0.6) is 11.5 Å². The summed E-state index contributed by atoms with van der Waals surface area (Å²) >= 11 is 0. The summed E-state index contributed by atoms with van der Waals surface area (Å²) in [5, 5.41) is 9.47. The number of carboxylic acids is 1. The second kappa shape index (κ2) is 22.0. The van der Waals surface area contributed by atoms with E-state index in [1.54, 1.807) is 6.07 Å². The minimum absolute atomic E-state index is 0.0995. The van der Waals surface area contributed by atoms with Crippen molar-refractivity contribution in [1.29, 1.82) is 0 Å². The number of benzene rings is 1. The van der Waals surface area contributed by atoms with E-state index in [0.717, 1.165) is 57.8 Å². The SMILES string of the molecule is CCCCCCCCOc1cc(OCCCCCCCC)c(C(=O)N(CCCCCC)CC(=O)O)cc1C(N)=O. The van der Waals surface area contributed by atoms with E-state index >= 15 is 0 Å². The Morgan fingerprint density at radius 2 is 1.12 bits per heavy atom. The first kappa shape index (κ1) is 35.3. The lowest BCUT2D eigenvalue weighted by Gasteiger charge is -2.23. The Bertz CT molecular complexity index is 873. The molecule has 0 heterocycles. The number of nitrogens with two attached hydrogens (primary N) is 1. The van der Waals surface area contributed by atoms with Crippen LogP contribution in [0.3, 0.4) is 0 Å². The second-order valence-corrected chi connectivity index (χ2v) is 10.6. The molecule has 3 N–H and O–H groups in total. The van der Waals surface area contributed by atoms with Crippen LogP contribution in [0, 0.1) is 0 Å². The number of carboxylic acid groups (broad SMARTS) is 1. The molecule has 0 aliphatic carbocycles. The lowest BCUT2D eigenvalue weighted by Crippen LogP contribution is -2.37. The minimum atomic E-state index is -1.09. The second-order valence-electron chi connectivity index (χ2n) is 10.6. The average molecular weight is 563 g/mol. The van der Waals surface area contributed by atoms with E-state index in [9.17, 15) is 19.5 Å². The van der Waals surface area contributed by atoms with Gasteiger partial charge in [-0.25, -0.2) is 0 Å². The smallest absolute Gasteiger partial charge is 0.323 e. The number of hydrogen-bond donors (Lipinski definition) is 2. The molecule has 228 valence electrons. The van der Waals surface area contributed by atoms with Gasteiger partial charge in [-0.3, -0.25) is 14.4 Å². The third kappa shape index (κ3) is 14.6. The Balaban J connectivity index is 3.14. The zero-order valence-electron chi connectivity index (χ0n) is 25.3. The van der Waals surface area contributed by atoms with Crippen LogP contribution in [0.25, 0.3) is 0 Å². The first-order valence-corrected chi connectivity index (χ1v) is 15.6. The van der Waals surface area contributed by atoms with Crippen molar-refractivity contribution in [3.63, 3.8) is 0 Å². The fourth-order valence-electron chi connectivity index (χ4n) is 4.60. The van der Waals surface area contributed by atoms with E-state index in [2.05, 4.69) is 20.8 Å². The van der Waals surface area contributed by atoms with Crippen molar-refractivity contribution in [1.82, 2.24) is 4.90 Å². The van der Waals surface area contributed by atoms with Crippen LogP contribution < -0.4 is 15.2 Å². The molecule has 40 heavy (non-hydrogen) atoms. The molecule has 0 unspecified atom stereocenters. The Labute approximate surface area is 242 Å². The molecule has 8 heteroatoms. The highest BCUT2D eigenvalue weighted by molar-refractivity contribution is 6.03. The Kier molecular flexibility index (Phi) is 19.4. The van der Waals surface area contributed by atoms with Crippen LogP contribution in [0.4, 0.5) is 0 Å². The fraction of sp³-hybridized carbons (Fsp3) is 0.719. The summed E-state index contributed by atoms with van der Waals surface area (Å²) in [5.41, 5.74) is 5.93. The number of amides is 2. The number of hydrogen-bond acceptors (Lipinski definition) is 5. The van der Waals surface area contributed by atoms with E-state index in [1.807, 2.05) is 0 Å². The lowest BCUT2D eigenvalue weighted by atomic mass is 10.1. The van der Waals surface area contributed by atoms with Gasteiger partial charge in [0.1, 0.15) is 18.0 Å². The molecule has 0 atom stereocenters. The zero-order chi connectivity index (χ0) is 29.6. The van der Waals surface area contributed by atoms with Crippen molar-refractivity contribution < 1.29 is 29.0 Å². The van der Waals surface area contributed by atoms with Crippen LogP contribution in [0.15, 0.2) is 12.1 Å². The van der Waals surface area contributed by atoms with Gasteiger partial charge in [0.2, 0.25) is 0 Å². The van der Waals surface area contributed by atoms with Crippen molar-refractivity contribution in [3.8, 4) is 11.5 Å². The fourth-order valence-corrected chi connectivity index (χ4v) is 4.60. The molecule has 8 nitrogen and oxygen atoms in total. The van der Waals surface area contributed by atoms with Gasteiger partial charge in [0.25, 0.3) is 11.8 Å². The summed E-state index contributed by atoms with van der Waals surface area (Å²) < 4.78 is 12.1. The van der Waals surface area contributed by atoms with Gasteiger partial charge >= 0.3 is 5.97 Å². The van der Waals surface area contributed by atoms with Crippen LogP contribution >= 0.6 is 0 Å². The minimum Gasteiger partial charge on any atom is -0.493 e. The summed E-state index contributed by atoms with van der Waals surface area (Å²) in [6, 6.07) is 3.00. The molecule has 0 fully saturated rings. The normalized spacial score (nSPS) is 10.9. The number of unbranched alkanes of at least 4 members (excludes halogenated alkanes) is 13. The number of nitrogens with zero attached hydrogens (tertiary/aromatic N) is 1. The highest BCUT2D eigenvalue weighted by atomic mass is 16.5. The molecule has 0 bridgehead atoms. The van der Waals surface area contributed by atoms with Gasteiger partial charge in [0.05, 0.1) is 24.3 Å². The maximum Gasteiger partial charge on any atom is 0.323 e. The third-order valence-corrected chi connectivity index (χ3v) is 6.98. The number of carbonyl (C=O) groups excluding carboxylic acids is 2. The standard InChI is InChI=1S/C32H54N2O6/c1-4-7-10-13-15-18-21-39-28-24-29(40-22-19-16-14-11-8-5-2)27(23-26(28)31(33)37)32(38)34(25-30(35)36)20-17-12-9-6-3/h23-24H,4-22,25H2,1-3H3,(H2,33,37)(H,35,36). The lowest BCUT2D eigenvalue weighted by molar-refractivity contribution is -0.137. The zero-order valence-corrected chi connectivity index (χ0v) is 25.3. The van der Waals surface area contributed by atoms with E-state index in [4.69, 9.17) is 15.2 Å². The molecular formula is C32H54N2O6. The van der Waals surface area contributed by atoms with Gasteiger partial charge in [0.15, 0.2) is 0 Å². The number of primary amides is 1. The summed E-state index contributed by atoms with van der Waals surface area (Å²) in [7, 11) is 0. The molecule has 2 amide bonds. The van der Waals surface area contributed by atoms with Crippen molar-refractivity contribution in [2.24, 2.45) is 5.73 Å². The van der Waals surface area contributed by atoms with E-state index < -0.39 is 24.3 Å². The summed E-state index contributed by atoms with van der Waals surface area (Å²) in [6.45, 7) is 7.18. The Morgan fingerprint density at radius 3 is 1.60 bits per heavy atom. The van der Waals surface area contributed by atoms with E-state index in [1.165, 1.54) is 49.5 Å². The van der Waals surface area contributed by atoms with Crippen LogP contribution in [0.1, 0.15) is 144 Å². The number of ether oxygens (including phenoxy) is 2. The van der Waals surface area contributed by atoms with Gasteiger partial charge in [-0.15, -0.1) is 0 Å². The molecule has 0 aromatic heterocycles. The first-order chi connectivity index (χ1) is 19.3. The summed E-state index contributed by atoms with van der Waals surface area (Å²) in [4.78, 5) is 38.9. The van der Waals surface area contributed by atoms with E-state index in [-0.39, 0.29) is 11.1 Å². The molecule has 0 aliphatic rings. The molecule has 1 aromatic carbocycles. The molecule has 0 spiro atoms. The van der Waals surface area contributed by atoms with Crippen molar-refractivity contribution >= 4 is 17.8 Å². The van der Waals surface area contributed by atoms with Crippen molar-refractivity contribution in [2.45, 2.75) is 124 Å². The molecule has 0 radical (unpaired) electrons. The molecular weight excluding hydrogens is 508 g/mol. The van der Waals surface area contributed by atoms with Gasteiger partial charge < -0.3 is 25.2 Å². The quantitative estimate of drug-likeness (QED) is 0.120. The maximum absolute atomic E-state index is 13.6. The Hall–Kier alpha value is -2.77. The molecule has 0 saturated heterocycles. The maximum atomic E-state index is 13.6. The number of aliphatic carboxylic acids is 1. The highest BCUT2D eigenvalue weighted by Crippen LogP contribution is 2.31.